The zero-order chi connectivity index (χ0) is 25.9. The number of furan rings is 1. The van der Waals surface area contributed by atoms with Gasteiger partial charge in [0, 0.05) is 23.5 Å². The Hall–Kier alpha value is -3.88. The lowest BCUT2D eigenvalue weighted by Crippen LogP contribution is -2.33. The number of methoxy groups -OCH3 is 1. The fraction of sp³-hybridized carbons (Fsp3) is 0.172. The number of hydrogen-bond donors (Lipinski definition) is 1. The van der Waals surface area contributed by atoms with Crippen LogP contribution >= 0.6 is 15.9 Å². The average molecular weight is 562 g/mol. The van der Waals surface area contributed by atoms with Crippen molar-refractivity contribution in [3.05, 3.63) is 112 Å². The molecule has 0 aliphatic carbocycles. The van der Waals surface area contributed by atoms with Crippen molar-refractivity contribution in [3.8, 4) is 5.75 Å². The van der Waals surface area contributed by atoms with Gasteiger partial charge in [-0.2, -0.15) is 0 Å². The Balaban J connectivity index is 1.46. The average Bonchev–Trinajstić information content (AvgIpc) is 3.45. The SMILES string of the molecule is COCCN1C(=O)C(O)=C(C(=O)c2cc3cc(Br)ccc3o2)C1c1ccc(OCc2ccccc2)cc1. The lowest BCUT2D eigenvalue weighted by atomic mass is 9.95. The van der Waals surface area contributed by atoms with Crippen LogP contribution in [0.15, 0.2) is 99.1 Å². The highest BCUT2D eigenvalue weighted by molar-refractivity contribution is 9.10. The van der Waals surface area contributed by atoms with E-state index in [1.165, 1.54) is 12.0 Å². The minimum absolute atomic E-state index is 0.0304. The van der Waals surface area contributed by atoms with E-state index in [1.54, 1.807) is 36.4 Å². The van der Waals surface area contributed by atoms with Crippen LogP contribution in [-0.2, 0) is 16.1 Å². The summed E-state index contributed by atoms with van der Waals surface area (Å²) in [6.07, 6.45) is 0. The predicted octanol–water partition coefficient (Wildman–Crippen LogP) is 6.00. The number of carbonyl (C=O) groups excluding carboxylic acids is 2. The maximum absolute atomic E-state index is 13.6. The molecule has 5 rings (SSSR count). The molecule has 1 atom stereocenters. The maximum Gasteiger partial charge on any atom is 0.290 e. The van der Waals surface area contributed by atoms with E-state index < -0.39 is 23.5 Å². The number of carbonyl (C=O) groups is 2. The number of ketones is 1. The van der Waals surface area contributed by atoms with E-state index in [-0.39, 0.29) is 24.5 Å². The van der Waals surface area contributed by atoms with Crippen LogP contribution in [0.5, 0.6) is 5.75 Å². The first-order valence-corrected chi connectivity index (χ1v) is 12.5. The van der Waals surface area contributed by atoms with Gasteiger partial charge in [-0.15, -0.1) is 0 Å². The maximum atomic E-state index is 13.6. The van der Waals surface area contributed by atoms with Gasteiger partial charge in [-0.1, -0.05) is 58.4 Å². The van der Waals surface area contributed by atoms with Gasteiger partial charge in [-0.05, 0) is 47.5 Å². The van der Waals surface area contributed by atoms with E-state index in [2.05, 4.69) is 15.9 Å². The Morgan fingerprint density at radius 2 is 1.81 bits per heavy atom. The Kier molecular flexibility index (Phi) is 7.12. The molecule has 0 saturated heterocycles. The van der Waals surface area contributed by atoms with Gasteiger partial charge in [-0.25, -0.2) is 0 Å². The third-order valence-corrected chi connectivity index (χ3v) is 6.72. The van der Waals surface area contributed by atoms with Crippen LogP contribution in [0.3, 0.4) is 0 Å². The number of nitrogens with zero attached hydrogens (tertiary/aromatic N) is 1. The van der Waals surface area contributed by atoms with Crippen molar-refractivity contribution in [3.63, 3.8) is 0 Å². The molecule has 37 heavy (non-hydrogen) atoms. The third-order valence-electron chi connectivity index (χ3n) is 6.23. The quantitative estimate of drug-likeness (QED) is 0.252. The van der Waals surface area contributed by atoms with E-state index >= 15 is 0 Å². The van der Waals surface area contributed by atoms with E-state index in [4.69, 9.17) is 13.9 Å². The van der Waals surface area contributed by atoms with Crippen LogP contribution in [0, 0.1) is 0 Å². The number of hydrogen-bond acceptors (Lipinski definition) is 6. The molecule has 0 radical (unpaired) electrons. The van der Waals surface area contributed by atoms with Crippen LogP contribution in [0.4, 0.5) is 0 Å². The van der Waals surface area contributed by atoms with Gasteiger partial charge in [0.2, 0.25) is 5.78 Å². The smallest absolute Gasteiger partial charge is 0.290 e. The molecular weight excluding hydrogens is 538 g/mol. The molecule has 1 aliphatic rings. The molecule has 1 unspecified atom stereocenters. The van der Waals surface area contributed by atoms with E-state index in [1.807, 2.05) is 42.5 Å². The molecule has 3 aromatic carbocycles. The van der Waals surface area contributed by atoms with Gasteiger partial charge in [0.05, 0.1) is 18.2 Å². The highest BCUT2D eigenvalue weighted by Gasteiger charge is 2.44. The Labute approximate surface area is 222 Å². The van der Waals surface area contributed by atoms with Crippen molar-refractivity contribution >= 4 is 38.6 Å². The van der Waals surface area contributed by atoms with Crippen molar-refractivity contribution < 1.29 is 28.6 Å². The Morgan fingerprint density at radius 1 is 1.05 bits per heavy atom. The number of amides is 1. The van der Waals surface area contributed by atoms with Crippen LogP contribution in [0.25, 0.3) is 11.0 Å². The zero-order valence-electron chi connectivity index (χ0n) is 20.0. The summed E-state index contributed by atoms with van der Waals surface area (Å²) in [5.74, 6) is -1.08. The van der Waals surface area contributed by atoms with Crippen molar-refractivity contribution in [2.75, 3.05) is 20.3 Å². The number of rotatable bonds is 9. The minimum atomic E-state index is -0.807. The van der Waals surface area contributed by atoms with Crippen molar-refractivity contribution in [1.82, 2.24) is 4.90 Å². The molecule has 1 aromatic heterocycles. The van der Waals surface area contributed by atoms with E-state index in [9.17, 15) is 14.7 Å². The standard InChI is InChI=1S/C29H24BrNO6/c1-35-14-13-31-26(19-7-10-22(11-8-19)36-17-18-5-3-2-4-6-18)25(28(33)29(31)34)27(32)24-16-20-15-21(30)9-12-23(20)37-24/h2-12,15-16,26,33H,13-14,17H2,1H3. The van der Waals surface area contributed by atoms with Crippen LogP contribution in [0.1, 0.15) is 27.7 Å². The molecule has 7 nitrogen and oxygen atoms in total. The van der Waals surface area contributed by atoms with Gasteiger partial charge in [0.1, 0.15) is 17.9 Å². The minimum Gasteiger partial charge on any atom is -0.503 e. The summed E-state index contributed by atoms with van der Waals surface area (Å²) in [5, 5.41) is 11.6. The van der Waals surface area contributed by atoms with Crippen molar-refractivity contribution in [2.45, 2.75) is 12.6 Å². The molecule has 0 fully saturated rings. The number of Topliss-reactive ketones (excluding diaryl/α,β-unsaturated/α-hetero) is 1. The monoisotopic (exact) mass is 561 g/mol. The summed E-state index contributed by atoms with van der Waals surface area (Å²) in [6.45, 7) is 0.850. The summed E-state index contributed by atoms with van der Waals surface area (Å²) in [7, 11) is 1.53. The third kappa shape index (κ3) is 5.03. The molecule has 0 saturated carbocycles. The number of aliphatic hydroxyl groups excluding tert-OH is 1. The summed E-state index contributed by atoms with van der Waals surface area (Å²) in [6, 6.07) is 23.2. The number of benzene rings is 3. The predicted molar refractivity (Wildman–Crippen MR) is 141 cm³/mol. The number of ether oxygens (including phenoxy) is 2. The van der Waals surface area contributed by atoms with Gasteiger partial charge in [0.15, 0.2) is 11.5 Å². The lowest BCUT2D eigenvalue weighted by molar-refractivity contribution is -0.130. The molecular formula is C29H24BrNO6. The van der Waals surface area contributed by atoms with E-state index in [0.29, 0.717) is 23.5 Å². The normalized spacial score (nSPS) is 15.6. The van der Waals surface area contributed by atoms with E-state index in [0.717, 1.165) is 15.4 Å². The van der Waals surface area contributed by atoms with Gasteiger partial charge in [0.25, 0.3) is 5.91 Å². The highest BCUT2D eigenvalue weighted by atomic mass is 79.9. The van der Waals surface area contributed by atoms with Crippen LogP contribution in [0.2, 0.25) is 0 Å². The van der Waals surface area contributed by atoms with Gasteiger partial charge < -0.3 is 23.9 Å². The molecule has 8 heteroatoms. The summed E-state index contributed by atoms with van der Waals surface area (Å²) in [4.78, 5) is 28.1. The zero-order valence-corrected chi connectivity index (χ0v) is 21.6. The van der Waals surface area contributed by atoms with Gasteiger partial charge in [-0.3, -0.25) is 9.59 Å². The lowest BCUT2D eigenvalue weighted by Gasteiger charge is -2.26. The van der Waals surface area contributed by atoms with Crippen molar-refractivity contribution in [1.29, 1.82) is 0 Å². The summed E-state index contributed by atoms with van der Waals surface area (Å²) in [5.41, 5.74) is 2.20. The molecule has 1 N–H and O–H groups in total. The van der Waals surface area contributed by atoms with Crippen LogP contribution in [-0.4, -0.2) is 42.0 Å². The van der Waals surface area contributed by atoms with Crippen molar-refractivity contribution in [2.24, 2.45) is 0 Å². The van der Waals surface area contributed by atoms with Gasteiger partial charge >= 0.3 is 0 Å². The van der Waals surface area contributed by atoms with Crippen LogP contribution < -0.4 is 4.74 Å². The highest BCUT2D eigenvalue weighted by Crippen LogP contribution is 2.40. The molecule has 188 valence electrons. The second-order valence-electron chi connectivity index (χ2n) is 8.62. The summed E-state index contributed by atoms with van der Waals surface area (Å²) >= 11 is 3.42. The Bertz CT molecular complexity index is 1480. The Morgan fingerprint density at radius 3 is 2.54 bits per heavy atom. The molecule has 2 heterocycles. The topological polar surface area (TPSA) is 89.2 Å². The first-order chi connectivity index (χ1) is 18.0. The molecule has 1 amide bonds. The number of fused-ring (bicyclic) bond motifs is 1. The molecule has 1 aliphatic heterocycles. The first kappa shape index (κ1) is 24.8. The largest absolute Gasteiger partial charge is 0.503 e. The number of halogens is 1. The second kappa shape index (κ2) is 10.6. The molecule has 0 spiro atoms. The fourth-order valence-electron chi connectivity index (χ4n) is 4.40. The molecule has 4 aromatic rings. The number of aliphatic hydroxyl groups is 1. The summed E-state index contributed by atoms with van der Waals surface area (Å²) < 4.78 is 17.7. The molecule has 0 bridgehead atoms. The second-order valence-corrected chi connectivity index (χ2v) is 9.54. The fourth-order valence-corrected chi connectivity index (χ4v) is 4.78. The first-order valence-electron chi connectivity index (χ1n) is 11.7.